The van der Waals surface area contributed by atoms with Crippen LogP contribution in [0.4, 0.5) is 0 Å². The van der Waals surface area contributed by atoms with Gasteiger partial charge in [0.2, 0.25) is 11.8 Å². The number of carbonyl (C=O) groups excluding carboxylic acids is 6. The Balaban J connectivity index is 2.29. The first-order valence-electron chi connectivity index (χ1n) is 11.8. The summed E-state index contributed by atoms with van der Waals surface area (Å²) in [5.41, 5.74) is 0. The van der Waals surface area contributed by atoms with Crippen molar-refractivity contribution in [2.45, 2.75) is 90.5 Å². The van der Waals surface area contributed by atoms with Crippen LogP contribution in [0.3, 0.4) is 0 Å². The van der Waals surface area contributed by atoms with Gasteiger partial charge in [-0.3, -0.25) is 28.8 Å². The molecule has 1 rings (SSSR count). The number of hydrogen-bond donors (Lipinski definition) is 4. The quantitative estimate of drug-likeness (QED) is 0.177. The van der Waals surface area contributed by atoms with Gasteiger partial charge in [0.25, 0.3) is 24.3 Å². The molecular formula is C22H36N4O8. The van der Waals surface area contributed by atoms with Crippen molar-refractivity contribution >= 4 is 35.6 Å². The minimum Gasteiger partial charge on any atom is -0.432 e. The smallest absolute Gasteiger partial charge is 0.308 e. The molecule has 1 heterocycles. The van der Waals surface area contributed by atoms with E-state index in [1.54, 1.807) is 0 Å². The van der Waals surface area contributed by atoms with E-state index in [4.69, 9.17) is 9.47 Å². The third kappa shape index (κ3) is 12.2. The van der Waals surface area contributed by atoms with Crippen molar-refractivity contribution < 1.29 is 38.2 Å². The summed E-state index contributed by atoms with van der Waals surface area (Å²) in [6.45, 7) is 5.17. The second-order valence-electron chi connectivity index (χ2n) is 7.87. The average molecular weight is 485 g/mol. The van der Waals surface area contributed by atoms with Gasteiger partial charge in [-0.25, -0.2) is 0 Å². The van der Waals surface area contributed by atoms with Crippen LogP contribution >= 0.6 is 0 Å². The summed E-state index contributed by atoms with van der Waals surface area (Å²) >= 11 is 0. The molecule has 0 saturated carbocycles. The van der Waals surface area contributed by atoms with Gasteiger partial charge in [-0.15, -0.1) is 0 Å². The summed E-state index contributed by atoms with van der Waals surface area (Å²) in [7, 11) is 0. The first-order chi connectivity index (χ1) is 16.3. The SMILES string of the molecule is CCCCNC(=O)CCCC(=O)OC1NC(=O)C(OC(=O)CCCC(=O)NCCCC)NC1=O. The molecule has 4 N–H and O–H groups in total. The molecule has 12 heteroatoms. The molecule has 4 amide bonds. The number of nitrogens with one attached hydrogen (secondary N) is 4. The normalized spacial score (nSPS) is 17.2. The lowest BCUT2D eigenvalue weighted by Gasteiger charge is -2.28. The highest BCUT2D eigenvalue weighted by Gasteiger charge is 2.38. The molecule has 192 valence electrons. The van der Waals surface area contributed by atoms with Crippen molar-refractivity contribution in [3.8, 4) is 0 Å². The summed E-state index contributed by atoms with van der Waals surface area (Å²) in [6.07, 6.45) is 1.08. The fourth-order valence-corrected chi connectivity index (χ4v) is 2.86. The predicted molar refractivity (Wildman–Crippen MR) is 120 cm³/mol. The number of amides is 4. The van der Waals surface area contributed by atoms with Crippen LogP contribution < -0.4 is 21.3 Å². The van der Waals surface area contributed by atoms with Crippen molar-refractivity contribution in [2.24, 2.45) is 0 Å². The third-order valence-electron chi connectivity index (χ3n) is 4.80. The fourth-order valence-electron chi connectivity index (χ4n) is 2.86. The van der Waals surface area contributed by atoms with Gasteiger partial charge in [0.05, 0.1) is 0 Å². The maximum atomic E-state index is 12.1. The number of unbranched alkanes of at least 4 members (excludes halogenated alkanes) is 2. The number of ether oxygens (including phenoxy) is 2. The van der Waals surface area contributed by atoms with E-state index in [2.05, 4.69) is 21.3 Å². The lowest BCUT2D eigenvalue weighted by atomic mass is 10.2. The van der Waals surface area contributed by atoms with E-state index >= 15 is 0 Å². The molecule has 0 aromatic rings. The molecule has 1 aliphatic heterocycles. The molecule has 1 aliphatic rings. The Morgan fingerprint density at radius 3 is 1.41 bits per heavy atom. The van der Waals surface area contributed by atoms with E-state index in [-0.39, 0.29) is 50.3 Å². The molecule has 34 heavy (non-hydrogen) atoms. The zero-order valence-corrected chi connectivity index (χ0v) is 19.9. The zero-order valence-electron chi connectivity index (χ0n) is 19.9. The molecule has 0 radical (unpaired) electrons. The summed E-state index contributed by atoms with van der Waals surface area (Å²) in [6, 6.07) is 0. The van der Waals surface area contributed by atoms with Crippen LogP contribution in [0.5, 0.6) is 0 Å². The maximum absolute atomic E-state index is 12.1. The molecule has 0 aromatic heterocycles. The van der Waals surface area contributed by atoms with Crippen molar-refractivity contribution in [1.82, 2.24) is 21.3 Å². The van der Waals surface area contributed by atoms with E-state index in [0.717, 1.165) is 25.7 Å². The van der Waals surface area contributed by atoms with Gasteiger partial charge in [-0.1, -0.05) is 26.7 Å². The van der Waals surface area contributed by atoms with Crippen molar-refractivity contribution in [3.63, 3.8) is 0 Å². The lowest BCUT2D eigenvalue weighted by Crippen LogP contribution is -2.63. The summed E-state index contributed by atoms with van der Waals surface area (Å²) in [4.78, 5) is 71.3. The molecule has 12 nitrogen and oxygen atoms in total. The van der Waals surface area contributed by atoms with Crippen LogP contribution in [0.1, 0.15) is 78.1 Å². The summed E-state index contributed by atoms with van der Waals surface area (Å²) in [5, 5.41) is 9.80. The van der Waals surface area contributed by atoms with E-state index in [1.807, 2.05) is 13.8 Å². The van der Waals surface area contributed by atoms with Gasteiger partial charge in [0, 0.05) is 38.8 Å². The van der Waals surface area contributed by atoms with Crippen LogP contribution in [-0.2, 0) is 38.2 Å². The van der Waals surface area contributed by atoms with Gasteiger partial charge in [0.1, 0.15) is 0 Å². The molecule has 1 saturated heterocycles. The Hall–Kier alpha value is -3.18. The molecule has 0 aliphatic carbocycles. The Kier molecular flexibility index (Phi) is 13.9. The van der Waals surface area contributed by atoms with E-state index in [9.17, 15) is 28.8 Å². The lowest BCUT2D eigenvalue weighted by molar-refractivity contribution is -0.174. The second-order valence-corrected chi connectivity index (χ2v) is 7.87. The van der Waals surface area contributed by atoms with Crippen LogP contribution in [0, 0.1) is 0 Å². The first kappa shape index (κ1) is 28.9. The predicted octanol–water partition coefficient (Wildman–Crippen LogP) is 0.144. The minimum atomic E-state index is -1.56. The number of hydrogen-bond acceptors (Lipinski definition) is 8. The van der Waals surface area contributed by atoms with Crippen LogP contribution in [0.2, 0.25) is 0 Å². The molecule has 0 aromatic carbocycles. The van der Waals surface area contributed by atoms with Crippen LogP contribution in [0.25, 0.3) is 0 Å². The van der Waals surface area contributed by atoms with Crippen molar-refractivity contribution in [3.05, 3.63) is 0 Å². The standard InChI is InChI=1S/C22H36N4O8/c1-3-5-13-23-15(27)9-7-11-17(29)33-21-19(31)26-22(20(32)25-21)34-18(30)12-8-10-16(28)24-14-6-4-2/h21-22H,3-14H2,1-2H3,(H,23,27)(H,24,28)(H,25,32)(H,26,31). The molecule has 0 bridgehead atoms. The largest absolute Gasteiger partial charge is 0.432 e. The molecule has 2 atom stereocenters. The van der Waals surface area contributed by atoms with Crippen LogP contribution in [-0.4, -0.2) is 61.1 Å². The molecule has 0 spiro atoms. The van der Waals surface area contributed by atoms with Crippen LogP contribution in [0.15, 0.2) is 0 Å². The highest BCUT2D eigenvalue weighted by Crippen LogP contribution is 2.07. The maximum Gasteiger partial charge on any atom is 0.308 e. The molecule has 2 unspecified atom stereocenters. The van der Waals surface area contributed by atoms with Gasteiger partial charge < -0.3 is 30.7 Å². The monoisotopic (exact) mass is 484 g/mol. The number of carbonyl (C=O) groups is 6. The third-order valence-corrected chi connectivity index (χ3v) is 4.80. The molecular weight excluding hydrogens is 448 g/mol. The highest BCUT2D eigenvalue weighted by molar-refractivity contribution is 5.97. The summed E-state index contributed by atoms with van der Waals surface area (Å²) < 4.78 is 9.88. The number of esters is 2. The van der Waals surface area contributed by atoms with Gasteiger partial charge in [-0.2, -0.15) is 0 Å². The van der Waals surface area contributed by atoms with E-state index in [1.165, 1.54) is 0 Å². The Morgan fingerprint density at radius 2 is 1.06 bits per heavy atom. The number of rotatable bonds is 16. The van der Waals surface area contributed by atoms with Crippen molar-refractivity contribution in [2.75, 3.05) is 13.1 Å². The minimum absolute atomic E-state index is 0.106. The fraction of sp³-hybridized carbons (Fsp3) is 0.727. The Labute approximate surface area is 199 Å². The Bertz CT molecular complexity index is 668. The van der Waals surface area contributed by atoms with Crippen molar-refractivity contribution in [1.29, 1.82) is 0 Å². The summed E-state index contributed by atoms with van der Waals surface area (Å²) in [5.74, 6) is -3.56. The second kappa shape index (κ2) is 16.4. The van der Waals surface area contributed by atoms with E-state index < -0.39 is 36.2 Å². The highest BCUT2D eigenvalue weighted by atomic mass is 16.6. The topological polar surface area (TPSA) is 169 Å². The van der Waals surface area contributed by atoms with Gasteiger partial charge in [-0.05, 0) is 25.7 Å². The Morgan fingerprint density at radius 1 is 0.676 bits per heavy atom. The average Bonchev–Trinajstić information content (AvgIpc) is 2.77. The van der Waals surface area contributed by atoms with E-state index in [0.29, 0.717) is 13.1 Å². The zero-order chi connectivity index (χ0) is 25.3. The first-order valence-corrected chi connectivity index (χ1v) is 11.8. The molecule has 1 fully saturated rings. The number of piperazine rings is 1. The van der Waals surface area contributed by atoms with Gasteiger partial charge >= 0.3 is 11.9 Å². The van der Waals surface area contributed by atoms with Gasteiger partial charge in [0.15, 0.2) is 0 Å².